The molecule has 1 saturated heterocycles. The molecule has 4 saturated carbocycles. The van der Waals surface area contributed by atoms with Gasteiger partial charge in [-0.2, -0.15) is 0 Å². The van der Waals surface area contributed by atoms with Gasteiger partial charge in [0, 0.05) is 11.3 Å². The van der Waals surface area contributed by atoms with E-state index in [1.165, 1.54) is 89.9 Å². The third kappa shape index (κ3) is 6.07. The molecule has 5 fully saturated rings. The van der Waals surface area contributed by atoms with Crippen LogP contribution in [0.5, 0.6) is 0 Å². The summed E-state index contributed by atoms with van der Waals surface area (Å²) < 4.78 is 25.0. The highest BCUT2D eigenvalue weighted by molar-refractivity contribution is 9.42. The molecule has 1 aliphatic heterocycles. The molecule has 4 aliphatic carbocycles. The maximum absolute atomic E-state index is 13.7. The van der Waals surface area contributed by atoms with Crippen LogP contribution in [0.25, 0.3) is 0 Å². The summed E-state index contributed by atoms with van der Waals surface area (Å²) >= 11 is 9.86. The molecule has 0 aromatic carbocycles. The fraction of sp³-hybridized carbons (Fsp3) is 1.00. The maximum Gasteiger partial charge on any atom is 0.205 e. The van der Waals surface area contributed by atoms with E-state index in [-0.39, 0.29) is 0 Å². The summed E-state index contributed by atoms with van der Waals surface area (Å²) in [6.07, 6.45) is 24.2. The van der Waals surface area contributed by atoms with Gasteiger partial charge >= 0.3 is 0 Å². The number of hydrogen-bond acceptors (Lipinski definition) is 6. The molecule has 8 heteroatoms. The molecule has 0 aromatic rings. The second-order valence-electron chi connectivity index (χ2n) is 10.9. The van der Waals surface area contributed by atoms with Gasteiger partial charge in [0.2, 0.25) is 5.55 Å². The second-order valence-corrected chi connectivity index (χ2v) is 30.0. The molecule has 184 valence electrons. The lowest BCUT2D eigenvalue weighted by Gasteiger charge is -2.48. The summed E-state index contributed by atoms with van der Waals surface area (Å²) in [7, 11) is 0. The summed E-state index contributed by atoms with van der Waals surface area (Å²) in [5, 5.41) is 0. The van der Waals surface area contributed by atoms with E-state index in [0.717, 1.165) is 25.7 Å². The van der Waals surface area contributed by atoms with E-state index >= 15 is 0 Å². The molecule has 1 heterocycles. The van der Waals surface area contributed by atoms with Gasteiger partial charge in [0.15, 0.2) is 0 Å². The molecule has 5 aliphatic rings. The summed E-state index contributed by atoms with van der Waals surface area (Å²) in [6, 6.07) is 0. The molecule has 3 nitrogen and oxygen atoms in total. The Hall–Kier alpha value is 1.50. The van der Waals surface area contributed by atoms with Crippen molar-refractivity contribution in [3.8, 4) is 0 Å². The Kier molecular flexibility index (Phi) is 8.86. The van der Waals surface area contributed by atoms with Crippen LogP contribution in [-0.4, -0.2) is 35.7 Å². The van der Waals surface area contributed by atoms with Crippen LogP contribution in [0.15, 0.2) is 0 Å². The fourth-order valence-corrected chi connectivity index (χ4v) is 43.8. The van der Waals surface area contributed by atoms with E-state index in [4.69, 9.17) is 21.3 Å². The molecular formula is C24H42O3P2S3. The first kappa shape index (κ1) is 25.2. The number of hydrogen-bond donors (Lipinski definition) is 0. The highest BCUT2D eigenvalue weighted by Gasteiger charge is 2.55. The summed E-state index contributed by atoms with van der Waals surface area (Å²) in [5.41, 5.74) is -1.15. The Morgan fingerprint density at radius 2 is 0.906 bits per heavy atom. The zero-order chi connectivity index (χ0) is 22.0. The van der Waals surface area contributed by atoms with E-state index in [1.807, 2.05) is 22.0 Å². The van der Waals surface area contributed by atoms with Crippen molar-refractivity contribution in [2.75, 3.05) is 0 Å². The Balaban J connectivity index is 1.04. The van der Waals surface area contributed by atoms with Gasteiger partial charge in [0.05, 0.1) is 28.9 Å². The quantitative estimate of drug-likeness (QED) is 0.315. The van der Waals surface area contributed by atoms with Crippen molar-refractivity contribution >= 4 is 43.8 Å². The summed E-state index contributed by atoms with van der Waals surface area (Å²) in [4.78, 5) is 0. The van der Waals surface area contributed by atoms with Crippen LogP contribution in [0.2, 0.25) is 0 Å². The van der Waals surface area contributed by atoms with Crippen LogP contribution in [-0.2, 0) is 25.8 Å². The maximum atomic E-state index is 13.7. The topological polar surface area (TPSA) is 35.5 Å². The van der Waals surface area contributed by atoms with Gasteiger partial charge in [0.1, 0.15) is 0 Å². The smallest absolute Gasteiger partial charge is 0.205 e. The van der Waals surface area contributed by atoms with Gasteiger partial charge < -0.3 is 9.47 Å². The van der Waals surface area contributed by atoms with E-state index in [2.05, 4.69) is 0 Å². The molecule has 0 bridgehead atoms. The predicted molar refractivity (Wildman–Crippen MR) is 145 cm³/mol. The zero-order valence-electron chi connectivity index (χ0n) is 19.5. The first-order chi connectivity index (χ1) is 15.5. The Morgan fingerprint density at radius 3 is 1.34 bits per heavy atom. The lowest BCUT2D eigenvalue weighted by Crippen LogP contribution is -2.31. The fourth-order valence-electron chi connectivity index (χ4n) is 6.53. The van der Waals surface area contributed by atoms with Crippen molar-refractivity contribution in [2.24, 2.45) is 0 Å². The molecule has 0 radical (unpaired) electrons. The van der Waals surface area contributed by atoms with Crippen molar-refractivity contribution in [2.45, 2.75) is 151 Å². The van der Waals surface area contributed by atoms with E-state index in [9.17, 15) is 4.57 Å². The highest BCUT2D eigenvalue weighted by atomic mass is 33.7. The predicted octanol–water partition coefficient (Wildman–Crippen LogP) is 9.29. The first-order valence-electron chi connectivity index (χ1n) is 13.5. The van der Waals surface area contributed by atoms with Crippen molar-refractivity contribution in [1.29, 1.82) is 0 Å². The van der Waals surface area contributed by atoms with Crippen LogP contribution in [0.3, 0.4) is 0 Å². The van der Waals surface area contributed by atoms with Crippen LogP contribution >= 0.6 is 32.0 Å². The van der Waals surface area contributed by atoms with Crippen LogP contribution in [0.1, 0.15) is 116 Å². The monoisotopic (exact) mass is 536 g/mol. The van der Waals surface area contributed by atoms with E-state index in [0.29, 0.717) is 35.7 Å². The molecule has 0 aromatic heterocycles. The lowest BCUT2D eigenvalue weighted by atomic mass is 9.94. The Labute approximate surface area is 208 Å². The Morgan fingerprint density at radius 1 is 0.531 bits per heavy atom. The third-order valence-electron chi connectivity index (χ3n) is 8.51. The minimum atomic E-state index is -2.18. The normalized spacial score (nSPS) is 44.8. The largest absolute Gasteiger partial charge is 0.375 e. The van der Waals surface area contributed by atoms with Crippen LogP contribution < -0.4 is 0 Å². The van der Waals surface area contributed by atoms with Gasteiger partial charge in [-0.05, 0) is 99.1 Å². The molecule has 0 spiro atoms. The standard InChI is InChI=1S/C24H42O3P2S3/c25-28(23-15-11-21(12-16-23)26-19-7-3-1-4-8-19)31-29(30,32-28)24-17-13-22(14-18-24)27-20-9-5-2-6-10-20/h19-24H,1-18H2. The third-order valence-corrected chi connectivity index (χ3v) is 38.4. The minimum Gasteiger partial charge on any atom is -0.375 e. The van der Waals surface area contributed by atoms with Gasteiger partial charge in [-0.15, -0.1) is 0 Å². The SMILES string of the molecule is O=P1(C2CCC(OC3CCCCC3)CC2)SP(=S)(C2CCC(OC3CCCCC3)CC2)S1. The van der Waals surface area contributed by atoms with Gasteiger partial charge in [0.25, 0.3) is 0 Å². The number of rotatable bonds is 6. The molecule has 5 rings (SSSR count). The first-order valence-corrected chi connectivity index (χ1v) is 22.2. The molecular weight excluding hydrogens is 494 g/mol. The highest BCUT2D eigenvalue weighted by Crippen LogP contribution is 3.08. The van der Waals surface area contributed by atoms with Crippen LogP contribution in [0.4, 0.5) is 0 Å². The molecule has 0 unspecified atom stereocenters. The molecule has 0 atom stereocenters. The number of ether oxygens (including phenoxy) is 2. The van der Waals surface area contributed by atoms with Gasteiger partial charge in [-0.3, -0.25) is 4.57 Å². The van der Waals surface area contributed by atoms with E-state index in [1.54, 1.807) is 0 Å². The molecule has 0 N–H and O–H groups in total. The van der Waals surface area contributed by atoms with Gasteiger partial charge in [-0.1, -0.05) is 50.3 Å². The average molecular weight is 537 g/mol. The van der Waals surface area contributed by atoms with E-state index < -0.39 is 9.99 Å². The lowest BCUT2D eigenvalue weighted by molar-refractivity contribution is -0.0446. The average Bonchev–Trinajstić information content (AvgIpc) is 2.80. The summed E-state index contributed by atoms with van der Waals surface area (Å²) in [6.45, 7) is 0. The van der Waals surface area contributed by atoms with Crippen molar-refractivity contribution in [1.82, 2.24) is 0 Å². The summed E-state index contributed by atoms with van der Waals surface area (Å²) in [5.74, 6) is 0. The second kappa shape index (κ2) is 11.3. The zero-order valence-corrected chi connectivity index (χ0v) is 23.8. The van der Waals surface area contributed by atoms with Crippen molar-refractivity contribution in [3.05, 3.63) is 0 Å². The van der Waals surface area contributed by atoms with Crippen molar-refractivity contribution in [3.63, 3.8) is 0 Å². The van der Waals surface area contributed by atoms with Crippen LogP contribution in [0, 0.1) is 0 Å². The molecule has 32 heavy (non-hydrogen) atoms. The van der Waals surface area contributed by atoms with Gasteiger partial charge in [-0.25, -0.2) is 0 Å². The minimum absolute atomic E-state index is 0.394. The molecule has 0 amide bonds. The van der Waals surface area contributed by atoms with Crippen molar-refractivity contribution < 1.29 is 14.0 Å². The Bertz CT molecular complexity index is 635.